The van der Waals surface area contributed by atoms with Crippen LogP contribution >= 0.6 is 0 Å². The Labute approximate surface area is 116 Å². The SMILES string of the molecule is O=C(Nc1cccc(-c2ncc[nH]2)c1)C1CC(O)CN1. The van der Waals surface area contributed by atoms with E-state index in [1.54, 1.807) is 12.4 Å². The molecule has 0 bridgehead atoms. The molecule has 1 aliphatic heterocycles. The molecule has 0 spiro atoms. The third-order valence-corrected chi connectivity index (χ3v) is 3.33. The highest BCUT2D eigenvalue weighted by molar-refractivity contribution is 5.95. The van der Waals surface area contributed by atoms with Crippen LogP contribution in [0.1, 0.15) is 6.42 Å². The number of amides is 1. The van der Waals surface area contributed by atoms with Crippen LogP contribution < -0.4 is 10.6 Å². The molecule has 2 aromatic rings. The van der Waals surface area contributed by atoms with Crippen molar-refractivity contribution in [3.63, 3.8) is 0 Å². The molecule has 1 aromatic carbocycles. The van der Waals surface area contributed by atoms with Gasteiger partial charge in [-0.1, -0.05) is 12.1 Å². The lowest BCUT2D eigenvalue weighted by Gasteiger charge is -2.11. The van der Waals surface area contributed by atoms with Crippen molar-refractivity contribution in [2.45, 2.75) is 18.6 Å². The van der Waals surface area contributed by atoms with E-state index in [2.05, 4.69) is 20.6 Å². The predicted octanol–water partition coefficient (Wildman–Crippen LogP) is 0.738. The Morgan fingerprint density at radius 1 is 1.45 bits per heavy atom. The van der Waals surface area contributed by atoms with Crippen LogP contribution in [0.2, 0.25) is 0 Å². The molecule has 1 aliphatic rings. The summed E-state index contributed by atoms with van der Waals surface area (Å²) < 4.78 is 0. The molecule has 1 aromatic heterocycles. The van der Waals surface area contributed by atoms with Gasteiger partial charge < -0.3 is 20.7 Å². The number of aliphatic hydroxyl groups excluding tert-OH is 1. The highest BCUT2D eigenvalue weighted by atomic mass is 16.3. The van der Waals surface area contributed by atoms with Gasteiger partial charge in [-0.15, -0.1) is 0 Å². The first-order valence-corrected chi connectivity index (χ1v) is 6.54. The Hall–Kier alpha value is -2.18. The second kappa shape index (κ2) is 5.44. The van der Waals surface area contributed by atoms with Crippen LogP contribution in [-0.2, 0) is 4.79 Å². The van der Waals surface area contributed by atoms with Crippen LogP contribution in [0.3, 0.4) is 0 Å². The van der Waals surface area contributed by atoms with E-state index in [4.69, 9.17) is 0 Å². The molecular formula is C14H16N4O2. The molecule has 20 heavy (non-hydrogen) atoms. The molecule has 0 saturated carbocycles. The van der Waals surface area contributed by atoms with Crippen LogP contribution in [0.4, 0.5) is 5.69 Å². The minimum Gasteiger partial charge on any atom is -0.392 e. The number of β-amino-alcohol motifs (C(OH)–C–C–N with tert-alkyl or cyclic N) is 1. The fraction of sp³-hybridized carbons (Fsp3) is 0.286. The number of rotatable bonds is 3. The van der Waals surface area contributed by atoms with Crippen LogP contribution in [-0.4, -0.2) is 39.7 Å². The lowest BCUT2D eigenvalue weighted by Crippen LogP contribution is -2.35. The second-order valence-electron chi connectivity index (χ2n) is 4.86. The van der Waals surface area contributed by atoms with Crippen molar-refractivity contribution in [3.8, 4) is 11.4 Å². The van der Waals surface area contributed by atoms with E-state index < -0.39 is 6.10 Å². The van der Waals surface area contributed by atoms with E-state index in [1.807, 2.05) is 24.3 Å². The summed E-state index contributed by atoms with van der Waals surface area (Å²) in [5.41, 5.74) is 1.62. The minimum absolute atomic E-state index is 0.127. The van der Waals surface area contributed by atoms with Crippen molar-refractivity contribution in [2.75, 3.05) is 11.9 Å². The third kappa shape index (κ3) is 2.71. The average molecular weight is 272 g/mol. The van der Waals surface area contributed by atoms with Gasteiger partial charge in [0.15, 0.2) is 0 Å². The maximum absolute atomic E-state index is 12.0. The first kappa shape index (κ1) is 12.8. The van der Waals surface area contributed by atoms with Crippen LogP contribution in [0.25, 0.3) is 11.4 Å². The van der Waals surface area contributed by atoms with Crippen molar-refractivity contribution in [2.24, 2.45) is 0 Å². The molecule has 104 valence electrons. The quantitative estimate of drug-likeness (QED) is 0.663. The maximum Gasteiger partial charge on any atom is 0.241 e. The summed E-state index contributed by atoms with van der Waals surface area (Å²) >= 11 is 0. The van der Waals surface area contributed by atoms with Gasteiger partial charge in [0.05, 0.1) is 12.1 Å². The number of hydrogen-bond acceptors (Lipinski definition) is 4. The summed E-state index contributed by atoms with van der Waals surface area (Å²) in [6, 6.07) is 7.14. The number of nitrogens with one attached hydrogen (secondary N) is 3. The lowest BCUT2D eigenvalue weighted by molar-refractivity contribution is -0.117. The number of nitrogens with zero attached hydrogens (tertiary/aromatic N) is 1. The highest BCUT2D eigenvalue weighted by Crippen LogP contribution is 2.19. The fourth-order valence-corrected chi connectivity index (χ4v) is 2.31. The Morgan fingerprint density at radius 2 is 2.35 bits per heavy atom. The number of carbonyl (C=O) groups excluding carboxylic acids is 1. The van der Waals surface area contributed by atoms with E-state index in [9.17, 15) is 9.90 Å². The summed E-state index contributed by atoms with van der Waals surface area (Å²) in [6.45, 7) is 0.463. The third-order valence-electron chi connectivity index (χ3n) is 3.33. The van der Waals surface area contributed by atoms with Crippen molar-refractivity contribution in [1.29, 1.82) is 0 Å². The van der Waals surface area contributed by atoms with Crippen LogP contribution in [0.5, 0.6) is 0 Å². The van der Waals surface area contributed by atoms with E-state index in [1.165, 1.54) is 0 Å². The Kier molecular flexibility index (Phi) is 3.49. The van der Waals surface area contributed by atoms with Crippen molar-refractivity contribution < 1.29 is 9.90 Å². The number of aromatic amines is 1. The van der Waals surface area contributed by atoms with Crippen molar-refractivity contribution in [3.05, 3.63) is 36.7 Å². The smallest absolute Gasteiger partial charge is 0.241 e. The largest absolute Gasteiger partial charge is 0.392 e. The molecule has 2 unspecified atom stereocenters. The monoisotopic (exact) mass is 272 g/mol. The molecule has 0 radical (unpaired) electrons. The van der Waals surface area contributed by atoms with E-state index in [0.717, 1.165) is 11.4 Å². The molecule has 1 saturated heterocycles. The number of anilines is 1. The molecule has 2 atom stereocenters. The molecule has 3 rings (SSSR count). The summed E-state index contributed by atoms with van der Waals surface area (Å²) in [5.74, 6) is 0.633. The zero-order valence-corrected chi connectivity index (χ0v) is 10.8. The minimum atomic E-state index is -0.444. The molecular weight excluding hydrogens is 256 g/mol. The number of aliphatic hydroxyl groups is 1. The van der Waals surface area contributed by atoms with Gasteiger partial charge >= 0.3 is 0 Å². The Morgan fingerprint density at radius 3 is 3.05 bits per heavy atom. The zero-order chi connectivity index (χ0) is 13.9. The number of carbonyl (C=O) groups is 1. The number of H-pyrrole nitrogens is 1. The first-order chi connectivity index (χ1) is 9.72. The van der Waals surface area contributed by atoms with Gasteiger partial charge in [0.2, 0.25) is 5.91 Å². The summed E-state index contributed by atoms with van der Waals surface area (Å²) in [7, 11) is 0. The summed E-state index contributed by atoms with van der Waals surface area (Å²) in [6.07, 6.45) is 3.44. The van der Waals surface area contributed by atoms with Crippen molar-refractivity contribution >= 4 is 11.6 Å². The average Bonchev–Trinajstić information content (AvgIpc) is 3.10. The van der Waals surface area contributed by atoms with Gasteiger partial charge in [0.25, 0.3) is 0 Å². The van der Waals surface area contributed by atoms with Gasteiger partial charge in [-0.05, 0) is 18.6 Å². The number of hydrogen-bond donors (Lipinski definition) is 4. The molecule has 6 heteroatoms. The number of aromatic nitrogens is 2. The maximum atomic E-state index is 12.0. The molecule has 1 amide bonds. The molecule has 0 aliphatic carbocycles. The number of imidazole rings is 1. The van der Waals surface area contributed by atoms with Crippen molar-refractivity contribution in [1.82, 2.24) is 15.3 Å². The van der Waals surface area contributed by atoms with E-state index in [0.29, 0.717) is 18.7 Å². The van der Waals surface area contributed by atoms with Gasteiger partial charge in [0, 0.05) is 30.2 Å². The molecule has 1 fully saturated rings. The number of benzene rings is 1. The topological polar surface area (TPSA) is 90.0 Å². The fourth-order valence-electron chi connectivity index (χ4n) is 2.31. The predicted molar refractivity (Wildman–Crippen MR) is 75.1 cm³/mol. The molecule has 6 nitrogen and oxygen atoms in total. The second-order valence-corrected chi connectivity index (χ2v) is 4.86. The molecule has 2 heterocycles. The Balaban J connectivity index is 1.71. The standard InChI is InChI=1S/C14H16N4O2/c19-11-7-12(17-8-11)14(20)18-10-3-1-2-9(6-10)13-15-4-5-16-13/h1-6,11-12,17,19H,7-8H2,(H,15,16)(H,18,20). The zero-order valence-electron chi connectivity index (χ0n) is 10.8. The van der Waals surface area contributed by atoms with E-state index in [-0.39, 0.29) is 11.9 Å². The van der Waals surface area contributed by atoms with Crippen LogP contribution in [0.15, 0.2) is 36.7 Å². The molecule has 4 N–H and O–H groups in total. The van der Waals surface area contributed by atoms with Gasteiger partial charge in [-0.2, -0.15) is 0 Å². The Bertz CT molecular complexity index is 597. The van der Waals surface area contributed by atoms with Gasteiger partial charge in [0.1, 0.15) is 5.82 Å². The summed E-state index contributed by atoms with van der Waals surface area (Å²) in [5, 5.41) is 15.3. The first-order valence-electron chi connectivity index (χ1n) is 6.54. The van der Waals surface area contributed by atoms with Gasteiger partial charge in [-0.25, -0.2) is 4.98 Å². The summed E-state index contributed by atoms with van der Waals surface area (Å²) in [4.78, 5) is 19.3. The lowest BCUT2D eigenvalue weighted by atomic mass is 10.1. The van der Waals surface area contributed by atoms with Gasteiger partial charge in [-0.3, -0.25) is 4.79 Å². The van der Waals surface area contributed by atoms with Crippen LogP contribution in [0, 0.1) is 0 Å². The normalized spacial score (nSPS) is 21.9. The highest BCUT2D eigenvalue weighted by Gasteiger charge is 2.27. The van der Waals surface area contributed by atoms with E-state index >= 15 is 0 Å².